The lowest BCUT2D eigenvalue weighted by molar-refractivity contribution is -0.141. The first-order valence-corrected chi connectivity index (χ1v) is 9.35. The van der Waals surface area contributed by atoms with E-state index in [-0.39, 0.29) is 18.3 Å². The van der Waals surface area contributed by atoms with Gasteiger partial charge in [-0.1, -0.05) is 0 Å². The van der Waals surface area contributed by atoms with Gasteiger partial charge in [0, 0.05) is 19.3 Å². The maximum absolute atomic E-state index is 12.1. The van der Waals surface area contributed by atoms with Crippen LogP contribution in [0.25, 0.3) is 11.2 Å². The highest BCUT2D eigenvalue weighted by Gasteiger charge is 2.33. The number of pyridine rings is 1. The number of aliphatic hydroxyl groups is 2. The molecule has 0 saturated carbocycles. The van der Waals surface area contributed by atoms with E-state index in [0.717, 1.165) is 6.20 Å². The second kappa shape index (κ2) is 9.84. The highest BCUT2D eigenvalue weighted by molar-refractivity contribution is 5.96. The second-order valence-corrected chi connectivity index (χ2v) is 6.79. The number of hydrogen-bond donors (Lipinski definition) is 5. The third-order valence-corrected chi connectivity index (χ3v) is 4.46. The van der Waals surface area contributed by atoms with E-state index >= 15 is 0 Å². The molecule has 3 aromatic rings. The maximum Gasteiger partial charge on any atom is 0.434 e. The Kier molecular flexibility index (Phi) is 7.17. The van der Waals surface area contributed by atoms with Crippen LogP contribution in [-0.2, 0) is 10.9 Å². The minimum absolute atomic E-state index is 0.123. The quantitative estimate of drug-likeness (QED) is 0.372. The molecule has 1 aliphatic rings. The average molecular weight is 455 g/mol. The van der Waals surface area contributed by atoms with Crippen LogP contribution < -0.4 is 11.1 Å². The van der Waals surface area contributed by atoms with E-state index in [0.29, 0.717) is 36.0 Å². The number of carbonyl (C=O) groups excluding carboxylic acids is 1. The van der Waals surface area contributed by atoms with Gasteiger partial charge in [-0.05, 0) is 12.5 Å². The van der Waals surface area contributed by atoms with Crippen molar-refractivity contribution in [1.82, 2.24) is 30.2 Å². The van der Waals surface area contributed by atoms with Crippen LogP contribution in [0.2, 0.25) is 0 Å². The summed E-state index contributed by atoms with van der Waals surface area (Å²) in [7, 11) is 0. The van der Waals surface area contributed by atoms with Crippen molar-refractivity contribution < 1.29 is 32.9 Å². The number of rotatable bonds is 3. The summed E-state index contributed by atoms with van der Waals surface area (Å²) in [5, 5.41) is 22.0. The fourth-order valence-corrected chi connectivity index (χ4v) is 2.80. The van der Waals surface area contributed by atoms with Gasteiger partial charge in [-0.2, -0.15) is 13.2 Å². The van der Waals surface area contributed by atoms with Gasteiger partial charge in [-0.3, -0.25) is 9.78 Å². The summed E-state index contributed by atoms with van der Waals surface area (Å²) in [6.07, 6.45) is -1.88. The Balaban J connectivity index is 0.000000222. The molecule has 1 amide bonds. The third-order valence-electron chi connectivity index (χ3n) is 4.46. The van der Waals surface area contributed by atoms with Crippen LogP contribution in [0.3, 0.4) is 0 Å². The van der Waals surface area contributed by atoms with E-state index in [1.54, 1.807) is 6.07 Å². The number of anilines is 1. The molecule has 1 aliphatic heterocycles. The Morgan fingerprint density at radius 3 is 2.75 bits per heavy atom. The number of alkyl halides is 3. The lowest BCUT2D eigenvalue weighted by Gasteiger charge is -2.32. The van der Waals surface area contributed by atoms with E-state index in [1.807, 2.05) is 0 Å². The van der Waals surface area contributed by atoms with Gasteiger partial charge in [0.15, 0.2) is 11.3 Å². The zero-order valence-electron chi connectivity index (χ0n) is 16.5. The van der Waals surface area contributed by atoms with Gasteiger partial charge >= 0.3 is 6.18 Å². The van der Waals surface area contributed by atoms with Gasteiger partial charge < -0.3 is 31.0 Å². The summed E-state index contributed by atoms with van der Waals surface area (Å²) in [5.41, 5.74) is 5.51. The fourth-order valence-electron chi connectivity index (χ4n) is 2.80. The molecule has 32 heavy (non-hydrogen) atoms. The summed E-state index contributed by atoms with van der Waals surface area (Å²) >= 11 is 0. The molecular formula is C18H20F3N7O4. The van der Waals surface area contributed by atoms with E-state index in [2.05, 4.69) is 30.2 Å². The monoisotopic (exact) mass is 455 g/mol. The zero-order valence-corrected chi connectivity index (χ0v) is 16.5. The van der Waals surface area contributed by atoms with E-state index in [4.69, 9.17) is 10.5 Å². The number of aromatic nitrogens is 5. The number of aliphatic hydroxyl groups excluding tert-OH is 2. The Morgan fingerprint density at radius 2 is 2.06 bits per heavy atom. The number of nitrogen functional groups attached to an aromatic ring is 1. The second-order valence-electron chi connectivity index (χ2n) is 6.79. The van der Waals surface area contributed by atoms with Crippen molar-refractivity contribution >= 4 is 22.9 Å². The smallest absolute Gasteiger partial charge is 0.390 e. The number of fused-ring (bicyclic) bond motifs is 1. The van der Waals surface area contributed by atoms with Gasteiger partial charge in [0.25, 0.3) is 5.91 Å². The number of aromatic amines is 1. The number of ether oxygens (including phenoxy) is 1. The number of nitrogens with zero attached hydrogens (tertiary/aromatic N) is 4. The highest BCUT2D eigenvalue weighted by Crippen LogP contribution is 2.26. The van der Waals surface area contributed by atoms with Gasteiger partial charge in [-0.15, -0.1) is 0 Å². The van der Waals surface area contributed by atoms with Crippen LogP contribution >= 0.6 is 0 Å². The molecule has 172 valence electrons. The standard InChI is InChI=1S/C13H16N4O4.C5H4F3N3/c18-9-1-2-21-10(11(9)19)5-15-13(20)7-3-8-12(14-4-7)17-6-16-8;6-5(7,8)3-1-10-2-4(9)11-3/h3-4,6,9-11,18-19H,1-2,5H2,(H,15,20)(H,14,16,17);1-2H,(H2,9,11). The number of imidazole rings is 1. The Bertz CT molecular complexity index is 1060. The first-order valence-electron chi connectivity index (χ1n) is 9.35. The van der Waals surface area contributed by atoms with Crippen LogP contribution in [0.4, 0.5) is 19.0 Å². The molecule has 14 heteroatoms. The molecule has 1 saturated heterocycles. The number of hydrogen-bond acceptors (Lipinski definition) is 9. The summed E-state index contributed by atoms with van der Waals surface area (Å²) in [4.78, 5) is 29.3. The van der Waals surface area contributed by atoms with E-state index in [9.17, 15) is 28.2 Å². The molecule has 11 nitrogen and oxygen atoms in total. The number of halogens is 3. The number of nitrogens with one attached hydrogen (secondary N) is 2. The molecule has 4 heterocycles. The maximum atomic E-state index is 12.1. The molecule has 0 bridgehead atoms. The lowest BCUT2D eigenvalue weighted by Crippen LogP contribution is -2.49. The van der Waals surface area contributed by atoms with Gasteiger partial charge in [0.1, 0.15) is 18.0 Å². The number of amides is 1. The molecule has 0 aliphatic carbocycles. The first kappa shape index (κ1) is 23.3. The van der Waals surface area contributed by atoms with Crippen LogP contribution in [-0.4, -0.2) is 72.5 Å². The summed E-state index contributed by atoms with van der Waals surface area (Å²) in [6.45, 7) is 0.485. The topological polar surface area (TPSA) is 172 Å². The number of H-pyrrole nitrogens is 1. The van der Waals surface area contributed by atoms with Gasteiger partial charge in [-0.25, -0.2) is 15.0 Å². The van der Waals surface area contributed by atoms with Crippen molar-refractivity contribution in [3.63, 3.8) is 0 Å². The summed E-state index contributed by atoms with van der Waals surface area (Å²) < 4.78 is 40.8. The van der Waals surface area contributed by atoms with Crippen LogP contribution in [0.1, 0.15) is 22.5 Å². The van der Waals surface area contributed by atoms with Crippen LogP contribution in [0, 0.1) is 0 Å². The van der Waals surface area contributed by atoms with Crippen LogP contribution in [0.5, 0.6) is 0 Å². The molecule has 4 rings (SSSR count). The normalized spacial score (nSPS) is 21.0. The SMILES string of the molecule is Nc1cncc(C(F)(F)F)n1.O=C(NCC1OCCC(O)C1O)c1cnc2nc[nH]c2c1. The minimum atomic E-state index is -4.47. The molecule has 0 spiro atoms. The van der Waals surface area contributed by atoms with Crippen molar-refractivity contribution in [1.29, 1.82) is 0 Å². The molecule has 3 aromatic heterocycles. The van der Waals surface area contributed by atoms with Gasteiger partial charge in [0.2, 0.25) is 0 Å². The fraction of sp³-hybridized carbons (Fsp3) is 0.389. The Labute approximate surface area is 178 Å². The zero-order chi connectivity index (χ0) is 23.3. The molecule has 3 atom stereocenters. The molecular weight excluding hydrogens is 435 g/mol. The van der Waals surface area contributed by atoms with Gasteiger partial charge in [0.05, 0.1) is 35.9 Å². The first-order chi connectivity index (χ1) is 15.1. The Morgan fingerprint density at radius 1 is 1.28 bits per heavy atom. The molecule has 1 fully saturated rings. The van der Waals surface area contributed by atoms with Crippen molar-refractivity contribution in [3.8, 4) is 0 Å². The van der Waals surface area contributed by atoms with E-state index in [1.165, 1.54) is 12.5 Å². The predicted octanol–water partition coefficient (Wildman–Crippen LogP) is 0.276. The summed E-state index contributed by atoms with van der Waals surface area (Å²) in [6, 6.07) is 1.65. The third kappa shape index (κ3) is 5.87. The van der Waals surface area contributed by atoms with Crippen molar-refractivity contribution in [3.05, 3.63) is 42.2 Å². The van der Waals surface area contributed by atoms with E-state index < -0.39 is 30.2 Å². The molecule has 3 unspecified atom stereocenters. The van der Waals surface area contributed by atoms with Crippen molar-refractivity contribution in [2.45, 2.75) is 30.9 Å². The predicted molar refractivity (Wildman–Crippen MR) is 104 cm³/mol. The van der Waals surface area contributed by atoms with Crippen molar-refractivity contribution in [2.75, 3.05) is 18.9 Å². The molecule has 6 N–H and O–H groups in total. The highest BCUT2D eigenvalue weighted by atomic mass is 19.4. The molecule has 0 aromatic carbocycles. The van der Waals surface area contributed by atoms with Crippen molar-refractivity contribution in [2.24, 2.45) is 0 Å². The lowest BCUT2D eigenvalue weighted by atomic mass is 10.0. The molecule has 0 radical (unpaired) electrons. The largest absolute Gasteiger partial charge is 0.434 e. The summed E-state index contributed by atoms with van der Waals surface area (Å²) in [5.74, 6) is -0.560. The minimum Gasteiger partial charge on any atom is -0.390 e. The Hall–Kier alpha value is -3.36. The number of carbonyl (C=O) groups is 1. The number of nitrogens with two attached hydrogens (primary N) is 1. The average Bonchev–Trinajstić information content (AvgIpc) is 3.22. The van der Waals surface area contributed by atoms with Crippen LogP contribution in [0.15, 0.2) is 31.0 Å².